The molecule has 0 N–H and O–H groups in total. The number of rotatable bonds is 5. The summed E-state index contributed by atoms with van der Waals surface area (Å²) in [5, 5.41) is 0. The summed E-state index contributed by atoms with van der Waals surface area (Å²) in [6.45, 7) is 2.16. The number of carbonyl (C=O) groups is 1. The Balaban J connectivity index is 2.51. The number of hydrogen-bond acceptors (Lipinski definition) is 2. The third-order valence-electron chi connectivity index (χ3n) is 1.81. The summed E-state index contributed by atoms with van der Waals surface area (Å²) < 4.78 is 5.39. The molecule has 2 nitrogen and oxygen atoms in total. The molecule has 76 valence electrons. The lowest BCUT2D eigenvalue weighted by Gasteiger charge is -2.04. The van der Waals surface area contributed by atoms with Crippen LogP contribution in [0.25, 0.3) is 0 Å². The Hall–Kier alpha value is -1.02. The fraction of sp³-hybridized carbons (Fsp3) is 0.364. The van der Waals surface area contributed by atoms with E-state index in [0.29, 0.717) is 18.1 Å². The van der Waals surface area contributed by atoms with Crippen LogP contribution in [0.4, 0.5) is 0 Å². The topological polar surface area (TPSA) is 26.3 Å². The number of halogens is 1. The molecule has 0 aliphatic carbocycles. The van der Waals surface area contributed by atoms with E-state index in [0.717, 1.165) is 12.2 Å². The second-order valence-corrected chi connectivity index (χ2v) is 3.35. The smallest absolute Gasteiger partial charge is 0.159 e. The average molecular weight is 213 g/mol. The van der Waals surface area contributed by atoms with Gasteiger partial charge in [0.1, 0.15) is 5.75 Å². The molecular formula is C11H13ClO2. The SMILES string of the molecule is CC(=O)c1ccc(OCCCCl)cc1. The molecule has 0 aliphatic rings. The highest BCUT2D eigenvalue weighted by Gasteiger charge is 1.98. The van der Waals surface area contributed by atoms with Crippen molar-refractivity contribution < 1.29 is 9.53 Å². The zero-order valence-electron chi connectivity index (χ0n) is 8.13. The van der Waals surface area contributed by atoms with Gasteiger partial charge in [0, 0.05) is 11.4 Å². The lowest BCUT2D eigenvalue weighted by molar-refractivity contribution is 0.101. The molecule has 1 aromatic carbocycles. The van der Waals surface area contributed by atoms with Crippen molar-refractivity contribution in [2.45, 2.75) is 13.3 Å². The van der Waals surface area contributed by atoms with Gasteiger partial charge in [-0.25, -0.2) is 0 Å². The van der Waals surface area contributed by atoms with E-state index in [1.165, 1.54) is 0 Å². The predicted molar refractivity (Wildman–Crippen MR) is 57.3 cm³/mol. The molecule has 0 amide bonds. The van der Waals surface area contributed by atoms with Crippen molar-refractivity contribution in [2.75, 3.05) is 12.5 Å². The van der Waals surface area contributed by atoms with Gasteiger partial charge >= 0.3 is 0 Å². The molecule has 0 unspecified atom stereocenters. The Morgan fingerprint density at radius 3 is 2.50 bits per heavy atom. The lowest BCUT2D eigenvalue weighted by atomic mass is 10.1. The van der Waals surface area contributed by atoms with E-state index in [-0.39, 0.29) is 5.78 Å². The van der Waals surface area contributed by atoms with Gasteiger partial charge in [0.05, 0.1) is 6.61 Å². The van der Waals surface area contributed by atoms with Crippen molar-refractivity contribution in [1.29, 1.82) is 0 Å². The van der Waals surface area contributed by atoms with Crippen molar-refractivity contribution in [3.8, 4) is 5.75 Å². The molecule has 0 spiro atoms. The molecule has 0 atom stereocenters. The van der Waals surface area contributed by atoms with Gasteiger partial charge in [-0.1, -0.05) is 0 Å². The van der Waals surface area contributed by atoms with Gasteiger partial charge in [0.25, 0.3) is 0 Å². The highest BCUT2D eigenvalue weighted by atomic mass is 35.5. The fourth-order valence-electron chi connectivity index (χ4n) is 1.03. The summed E-state index contributed by atoms with van der Waals surface area (Å²) in [7, 11) is 0. The zero-order chi connectivity index (χ0) is 10.4. The van der Waals surface area contributed by atoms with Crippen LogP contribution in [0, 0.1) is 0 Å². The van der Waals surface area contributed by atoms with Crippen LogP contribution in [0.15, 0.2) is 24.3 Å². The van der Waals surface area contributed by atoms with E-state index in [1.807, 2.05) is 0 Å². The maximum Gasteiger partial charge on any atom is 0.159 e. The average Bonchev–Trinajstić information content (AvgIpc) is 2.19. The van der Waals surface area contributed by atoms with Gasteiger partial charge in [0.15, 0.2) is 5.78 Å². The van der Waals surface area contributed by atoms with E-state index in [2.05, 4.69) is 0 Å². The van der Waals surface area contributed by atoms with Crippen molar-refractivity contribution >= 4 is 17.4 Å². The second kappa shape index (κ2) is 5.66. The van der Waals surface area contributed by atoms with Gasteiger partial charge in [-0.3, -0.25) is 4.79 Å². The quantitative estimate of drug-likeness (QED) is 0.426. The first-order valence-corrected chi connectivity index (χ1v) is 5.07. The Morgan fingerprint density at radius 2 is 2.00 bits per heavy atom. The minimum absolute atomic E-state index is 0.0670. The highest BCUT2D eigenvalue weighted by molar-refractivity contribution is 6.17. The minimum Gasteiger partial charge on any atom is -0.494 e. The third kappa shape index (κ3) is 3.38. The minimum atomic E-state index is 0.0670. The van der Waals surface area contributed by atoms with Crippen molar-refractivity contribution in [3.63, 3.8) is 0 Å². The molecule has 3 heteroatoms. The van der Waals surface area contributed by atoms with Crippen LogP contribution in [0.1, 0.15) is 23.7 Å². The highest BCUT2D eigenvalue weighted by Crippen LogP contribution is 2.12. The molecule has 0 aliphatic heterocycles. The predicted octanol–water partition coefficient (Wildman–Crippen LogP) is 2.90. The monoisotopic (exact) mass is 212 g/mol. The summed E-state index contributed by atoms with van der Waals surface area (Å²) >= 11 is 5.51. The summed E-state index contributed by atoms with van der Waals surface area (Å²) in [6.07, 6.45) is 0.829. The molecule has 0 bridgehead atoms. The molecule has 1 aromatic rings. The largest absolute Gasteiger partial charge is 0.494 e. The summed E-state index contributed by atoms with van der Waals surface area (Å²) in [4.78, 5) is 11.0. The van der Waals surface area contributed by atoms with Gasteiger partial charge in [-0.2, -0.15) is 0 Å². The van der Waals surface area contributed by atoms with E-state index >= 15 is 0 Å². The van der Waals surface area contributed by atoms with Crippen molar-refractivity contribution in [1.82, 2.24) is 0 Å². The fourth-order valence-corrected chi connectivity index (χ4v) is 1.14. The van der Waals surface area contributed by atoms with Gasteiger partial charge in [-0.05, 0) is 37.6 Å². The van der Waals surface area contributed by atoms with E-state index in [9.17, 15) is 4.79 Å². The number of alkyl halides is 1. The Morgan fingerprint density at radius 1 is 1.36 bits per heavy atom. The van der Waals surface area contributed by atoms with Gasteiger partial charge < -0.3 is 4.74 Å². The maximum absolute atomic E-state index is 11.0. The Kier molecular flexibility index (Phi) is 4.47. The standard InChI is InChI=1S/C11H13ClO2/c1-9(13)10-3-5-11(6-4-10)14-8-2-7-12/h3-6H,2,7-8H2,1H3. The van der Waals surface area contributed by atoms with Crippen LogP contribution < -0.4 is 4.74 Å². The third-order valence-corrected chi connectivity index (χ3v) is 2.07. The van der Waals surface area contributed by atoms with Crippen LogP contribution in [-0.2, 0) is 0 Å². The maximum atomic E-state index is 11.0. The van der Waals surface area contributed by atoms with Gasteiger partial charge in [0.2, 0.25) is 0 Å². The van der Waals surface area contributed by atoms with Crippen LogP contribution in [-0.4, -0.2) is 18.3 Å². The first-order valence-electron chi connectivity index (χ1n) is 4.54. The number of ketones is 1. The van der Waals surface area contributed by atoms with E-state index < -0.39 is 0 Å². The number of benzene rings is 1. The zero-order valence-corrected chi connectivity index (χ0v) is 8.88. The van der Waals surface area contributed by atoms with Crippen LogP contribution in [0.5, 0.6) is 5.75 Å². The molecule has 0 heterocycles. The molecule has 0 saturated heterocycles. The Labute approximate surface area is 88.8 Å². The van der Waals surface area contributed by atoms with Crippen LogP contribution in [0.3, 0.4) is 0 Å². The van der Waals surface area contributed by atoms with Crippen molar-refractivity contribution in [3.05, 3.63) is 29.8 Å². The van der Waals surface area contributed by atoms with Crippen LogP contribution in [0.2, 0.25) is 0 Å². The second-order valence-electron chi connectivity index (χ2n) is 2.97. The first-order chi connectivity index (χ1) is 6.74. The van der Waals surface area contributed by atoms with Crippen LogP contribution >= 0.6 is 11.6 Å². The molecule has 0 radical (unpaired) electrons. The van der Waals surface area contributed by atoms with E-state index in [1.54, 1.807) is 31.2 Å². The molecular weight excluding hydrogens is 200 g/mol. The van der Waals surface area contributed by atoms with E-state index in [4.69, 9.17) is 16.3 Å². The molecule has 1 rings (SSSR count). The normalized spacial score (nSPS) is 9.86. The molecule has 0 fully saturated rings. The lowest BCUT2D eigenvalue weighted by Crippen LogP contribution is -1.98. The number of Topliss-reactive ketones (excluding diaryl/α,β-unsaturated/α-hetero) is 1. The first kappa shape index (κ1) is 11.1. The Bertz CT molecular complexity index is 293. The molecule has 0 aromatic heterocycles. The number of hydrogen-bond donors (Lipinski definition) is 0. The van der Waals surface area contributed by atoms with Crippen molar-refractivity contribution in [2.24, 2.45) is 0 Å². The van der Waals surface area contributed by atoms with Gasteiger partial charge in [-0.15, -0.1) is 11.6 Å². The summed E-state index contributed by atoms with van der Waals surface area (Å²) in [5.41, 5.74) is 0.703. The number of ether oxygens (including phenoxy) is 1. The molecule has 14 heavy (non-hydrogen) atoms. The summed E-state index contributed by atoms with van der Waals surface area (Å²) in [6, 6.07) is 7.12. The molecule has 0 saturated carbocycles. The number of carbonyl (C=O) groups excluding carboxylic acids is 1. The summed E-state index contributed by atoms with van der Waals surface area (Å²) in [5.74, 6) is 1.45.